The lowest BCUT2D eigenvalue weighted by Gasteiger charge is -2.05. The maximum absolute atomic E-state index is 13.2. The summed E-state index contributed by atoms with van der Waals surface area (Å²) in [5.41, 5.74) is 7.09. The third-order valence-corrected chi connectivity index (χ3v) is 3.39. The first-order valence-electron chi connectivity index (χ1n) is 4.98. The number of benzene rings is 2. The van der Waals surface area contributed by atoms with Crippen molar-refractivity contribution in [2.24, 2.45) is 0 Å². The molecule has 1 nitrogen and oxygen atoms in total. The van der Waals surface area contributed by atoms with Gasteiger partial charge in [0.1, 0.15) is 5.82 Å². The summed E-state index contributed by atoms with van der Waals surface area (Å²) in [5.74, 6) is 0.451. The molecule has 2 aromatic rings. The third-order valence-electron chi connectivity index (χ3n) is 2.25. The molecule has 82 valence electrons. The van der Waals surface area contributed by atoms with Crippen LogP contribution in [0.15, 0.2) is 53.4 Å². The lowest BCUT2D eigenvalue weighted by molar-refractivity contribution is 0.629. The summed E-state index contributed by atoms with van der Waals surface area (Å²) in [4.78, 5) is 0.795. The quantitative estimate of drug-likeness (QED) is 0.646. The van der Waals surface area contributed by atoms with E-state index in [4.69, 9.17) is 5.73 Å². The molecule has 2 aromatic carbocycles. The Balaban J connectivity index is 2.08. The maximum Gasteiger partial charge on any atom is 0.147 e. The largest absolute Gasteiger partial charge is 0.395 e. The predicted octanol–water partition coefficient (Wildman–Crippen LogP) is 3.70. The van der Waals surface area contributed by atoms with E-state index in [-0.39, 0.29) is 11.5 Å². The summed E-state index contributed by atoms with van der Waals surface area (Å²) in [6.45, 7) is 0. The minimum Gasteiger partial charge on any atom is -0.395 e. The fourth-order valence-electron chi connectivity index (χ4n) is 1.38. The van der Waals surface area contributed by atoms with Crippen LogP contribution in [0.5, 0.6) is 0 Å². The highest BCUT2D eigenvalue weighted by Crippen LogP contribution is 2.29. The molecule has 0 fully saturated rings. The zero-order chi connectivity index (χ0) is 11.4. The van der Waals surface area contributed by atoms with Gasteiger partial charge in [-0.2, -0.15) is 0 Å². The first-order valence-corrected chi connectivity index (χ1v) is 5.96. The van der Waals surface area contributed by atoms with E-state index in [0.29, 0.717) is 0 Å². The van der Waals surface area contributed by atoms with E-state index in [1.54, 1.807) is 17.8 Å². The van der Waals surface area contributed by atoms with Gasteiger partial charge in [-0.15, -0.1) is 11.8 Å². The van der Waals surface area contributed by atoms with Crippen molar-refractivity contribution in [1.29, 1.82) is 0 Å². The molecule has 0 bridgehead atoms. The van der Waals surface area contributed by atoms with Gasteiger partial charge in [-0.1, -0.05) is 36.4 Å². The smallest absolute Gasteiger partial charge is 0.147 e. The number of para-hydroxylation sites is 1. The van der Waals surface area contributed by atoms with Gasteiger partial charge in [0.2, 0.25) is 0 Å². The van der Waals surface area contributed by atoms with Gasteiger partial charge in [0.05, 0.1) is 5.69 Å². The Morgan fingerprint density at radius 3 is 2.50 bits per heavy atom. The van der Waals surface area contributed by atoms with Crippen LogP contribution >= 0.6 is 11.8 Å². The zero-order valence-corrected chi connectivity index (χ0v) is 9.51. The Morgan fingerprint density at radius 2 is 1.75 bits per heavy atom. The summed E-state index contributed by atoms with van der Waals surface area (Å²) in [7, 11) is 0. The van der Waals surface area contributed by atoms with Gasteiger partial charge in [0.25, 0.3) is 0 Å². The molecule has 0 saturated heterocycles. The number of hydrogen-bond acceptors (Lipinski definition) is 2. The average molecular weight is 233 g/mol. The molecular formula is C13H12FNS. The number of nitrogen functional groups attached to an aromatic ring is 1. The van der Waals surface area contributed by atoms with E-state index in [0.717, 1.165) is 10.6 Å². The van der Waals surface area contributed by atoms with Gasteiger partial charge >= 0.3 is 0 Å². The highest BCUT2D eigenvalue weighted by molar-refractivity contribution is 7.98. The number of thioether (sulfide) groups is 1. The topological polar surface area (TPSA) is 26.0 Å². The molecule has 16 heavy (non-hydrogen) atoms. The molecule has 0 heterocycles. The van der Waals surface area contributed by atoms with Crippen LogP contribution in [0, 0.1) is 5.82 Å². The van der Waals surface area contributed by atoms with Gasteiger partial charge in [0, 0.05) is 10.6 Å². The minimum absolute atomic E-state index is 0.239. The summed E-state index contributed by atoms with van der Waals surface area (Å²) >= 11 is 1.55. The summed E-state index contributed by atoms with van der Waals surface area (Å²) in [6, 6.07) is 14.9. The fraction of sp³-hybridized carbons (Fsp3) is 0.0769. The Bertz CT molecular complexity index is 471. The molecule has 0 aromatic heterocycles. The van der Waals surface area contributed by atoms with Gasteiger partial charge < -0.3 is 5.73 Å². The first-order chi connectivity index (χ1) is 7.77. The molecule has 0 aliphatic rings. The third kappa shape index (κ3) is 2.55. The van der Waals surface area contributed by atoms with Gasteiger partial charge in [-0.25, -0.2) is 4.39 Å². The Morgan fingerprint density at radius 1 is 1.00 bits per heavy atom. The van der Waals surface area contributed by atoms with Crippen molar-refractivity contribution in [2.75, 3.05) is 5.73 Å². The average Bonchev–Trinajstić information content (AvgIpc) is 2.32. The lowest BCUT2D eigenvalue weighted by atomic mass is 10.2. The highest BCUT2D eigenvalue weighted by Gasteiger charge is 2.04. The SMILES string of the molecule is Nc1c(F)cccc1SCc1ccccc1. The second-order valence-electron chi connectivity index (χ2n) is 3.43. The number of halogens is 1. The molecule has 2 N–H and O–H groups in total. The van der Waals surface area contributed by atoms with E-state index < -0.39 is 0 Å². The van der Waals surface area contributed by atoms with Crippen LogP contribution in [0.1, 0.15) is 5.56 Å². The van der Waals surface area contributed by atoms with Crippen LogP contribution < -0.4 is 5.73 Å². The van der Waals surface area contributed by atoms with Crippen LogP contribution in [0.2, 0.25) is 0 Å². The molecule has 0 unspecified atom stereocenters. The maximum atomic E-state index is 13.2. The van der Waals surface area contributed by atoms with Crippen LogP contribution in [-0.2, 0) is 5.75 Å². The predicted molar refractivity (Wildman–Crippen MR) is 66.8 cm³/mol. The number of anilines is 1. The monoisotopic (exact) mass is 233 g/mol. The normalized spacial score (nSPS) is 10.3. The standard InChI is InChI=1S/C13H12FNS/c14-11-7-4-8-12(13(11)15)16-9-10-5-2-1-3-6-10/h1-8H,9,15H2. The van der Waals surface area contributed by atoms with Crippen LogP contribution in [0.4, 0.5) is 10.1 Å². The Kier molecular flexibility index (Phi) is 3.47. The summed E-state index contributed by atoms with van der Waals surface area (Å²) in [6.07, 6.45) is 0. The molecule has 0 atom stereocenters. The molecular weight excluding hydrogens is 221 g/mol. The molecule has 0 aliphatic carbocycles. The summed E-state index contributed by atoms with van der Waals surface area (Å²) in [5, 5.41) is 0. The van der Waals surface area contributed by atoms with E-state index in [9.17, 15) is 4.39 Å². The molecule has 0 aliphatic heterocycles. The van der Waals surface area contributed by atoms with E-state index in [1.807, 2.05) is 36.4 Å². The van der Waals surface area contributed by atoms with Crippen molar-refractivity contribution in [3.05, 3.63) is 59.9 Å². The molecule has 0 saturated carbocycles. The van der Waals surface area contributed by atoms with Gasteiger partial charge in [0.15, 0.2) is 0 Å². The number of rotatable bonds is 3. The lowest BCUT2D eigenvalue weighted by Crippen LogP contribution is -1.93. The van der Waals surface area contributed by atoms with Crippen molar-refractivity contribution in [3.8, 4) is 0 Å². The van der Waals surface area contributed by atoms with Gasteiger partial charge in [-0.05, 0) is 17.7 Å². The minimum atomic E-state index is -0.349. The Hall–Kier alpha value is -1.48. The van der Waals surface area contributed by atoms with E-state index >= 15 is 0 Å². The van der Waals surface area contributed by atoms with Crippen molar-refractivity contribution < 1.29 is 4.39 Å². The number of hydrogen-bond donors (Lipinski definition) is 1. The molecule has 0 amide bonds. The van der Waals surface area contributed by atoms with Crippen LogP contribution in [0.3, 0.4) is 0 Å². The molecule has 0 radical (unpaired) electrons. The Labute approximate surface area is 98.5 Å². The van der Waals surface area contributed by atoms with Crippen molar-refractivity contribution in [1.82, 2.24) is 0 Å². The van der Waals surface area contributed by atoms with Crippen molar-refractivity contribution in [2.45, 2.75) is 10.6 Å². The van der Waals surface area contributed by atoms with Gasteiger partial charge in [-0.3, -0.25) is 0 Å². The summed E-state index contributed by atoms with van der Waals surface area (Å²) < 4.78 is 13.2. The van der Waals surface area contributed by atoms with Crippen molar-refractivity contribution >= 4 is 17.4 Å². The van der Waals surface area contributed by atoms with E-state index in [2.05, 4.69) is 0 Å². The molecule has 3 heteroatoms. The van der Waals surface area contributed by atoms with Crippen molar-refractivity contribution in [3.63, 3.8) is 0 Å². The second-order valence-corrected chi connectivity index (χ2v) is 4.44. The second kappa shape index (κ2) is 5.03. The first kappa shape index (κ1) is 11.0. The number of nitrogens with two attached hydrogens (primary N) is 1. The van der Waals surface area contributed by atoms with Crippen LogP contribution in [-0.4, -0.2) is 0 Å². The fourth-order valence-corrected chi connectivity index (χ4v) is 2.32. The van der Waals surface area contributed by atoms with Crippen LogP contribution in [0.25, 0.3) is 0 Å². The molecule has 2 rings (SSSR count). The molecule has 0 spiro atoms. The highest BCUT2D eigenvalue weighted by atomic mass is 32.2. The zero-order valence-electron chi connectivity index (χ0n) is 8.69. The van der Waals surface area contributed by atoms with E-state index in [1.165, 1.54) is 11.6 Å².